The van der Waals surface area contributed by atoms with E-state index in [-0.39, 0.29) is 18.4 Å². The van der Waals surface area contributed by atoms with E-state index in [1.807, 2.05) is 0 Å². The lowest BCUT2D eigenvalue weighted by atomic mass is 9.99. The van der Waals surface area contributed by atoms with E-state index in [9.17, 15) is 9.59 Å². The summed E-state index contributed by atoms with van der Waals surface area (Å²) in [4.78, 5) is 33.8. The summed E-state index contributed by atoms with van der Waals surface area (Å²) >= 11 is 0. The smallest absolute Gasteiger partial charge is 0.252 e. The molecule has 3 aliphatic rings. The number of carbonyl (C=O) groups is 2. The van der Waals surface area contributed by atoms with E-state index >= 15 is 0 Å². The first-order valence-corrected chi connectivity index (χ1v) is 10.7. The summed E-state index contributed by atoms with van der Waals surface area (Å²) in [6, 6.07) is 2.34. The van der Waals surface area contributed by atoms with Gasteiger partial charge in [0.05, 0.1) is 17.8 Å². The number of nitrogens with zero attached hydrogens (tertiary/aromatic N) is 3. The van der Waals surface area contributed by atoms with Gasteiger partial charge in [-0.1, -0.05) is 0 Å². The van der Waals surface area contributed by atoms with E-state index in [0.29, 0.717) is 42.1 Å². The molecule has 29 heavy (non-hydrogen) atoms. The zero-order valence-corrected chi connectivity index (χ0v) is 17.2. The largest absolute Gasteiger partial charge is 0.381 e. The third-order valence-corrected chi connectivity index (χ3v) is 6.34. The average molecular weight is 402 g/mol. The number of carbonyl (C=O) groups excluding carboxylic acids is 2. The molecule has 2 amide bonds. The van der Waals surface area contributed by atoms with Crippen LogP contribution in [0.4, 0.5) is 11.5 Å². The van der Waals surface area contributed by atoms with Crippen LogP contribution in [0, 0.1) is 5.92 Å². The summed E-state index contributed by atoms with van der Waals surface area (Å²) in [6.07, 6.45) is 6.88. The van der Waals surface area contributed by atoms with E-state index in [1.165, 1.54) is 12.8 Å². The Morgan fingerprint density at radius 1 is 1.34 bits per heavy atom. The lowest BCUT2D eigenvalue weighted by molar-refractivity contribution is -0.117. The van der Waals surface area contributed by atoms with Crippen LogP contribution >= 0.6 is 0 Å². The Hall–Kier alpha value is -2.19. The molecule has 0 bridgehead atoms. The van der Waals surface area contributed by atoms with Crippen LogP contribution < -0.4 is 15.5 Å². The molecule has 8 heteroatoms. The SMILES string of the molecule is CN1CCCC1CCNC(=O)c1cnc2c(c1)N(CC1CCOCC1)C(=O)CN2. The Morgan fingerprint density at radius 2 is 2.17 bits per heavy atom. The normalized spacial score (nSPS) is 23.0. The number of likely N-dealkylation sites (tertiary alicyclic amines) is 1. The van der Waals surface area contributed by atoms with Gasteiger partial charge in [-0.25, -0.2) is 4.98 Å². The van der Waals surface area contributed by atoms with E-state index < -0.39 is 0 Å². The van der Waals surface area contributed by atoms with Gasteiger partial charge in [-0.05, 0) is 57.7 Å². The molecule has 1 unspecified atom stereocenters. The van der Waals surface area contributed by atoms with Crippen LogP contribution in [0.5, 0.6) is 0 Å². The number of nitrogens with one attached hydrogen (secondary N) is 2. The van der Waals surface area contributed by atoms with Gasteiger partial charge in [0, 0.05) is 38.5 Å². The van der Waals surface area contributed by atoms with Gasteiger partial charge in [0.2, 0.25) is 5.91 Å². The Bertz CT molecular complexity index is 750. The molecule has 1 aromatic rings. The van der Waals surface area contributed by atoms with Gasteiger partial charge in [-0.2, -0.15) is 0 Å². The maximum absolute atomic E-state index is 12.7. The second kappa shape index (κ2) is 9.09. The van der Waals surface area contributed by atoms with E-state index in [1.54, 1.807) is 17.2 Å². The number of hydrogen-bond acceptors (Lipinski definition) is 6. The molecule has 0 saturated carbocycles. The highest BCUT2D eigenvalue weighted by molar-refractivity contribution is 6.04. The minimum Gasteiger partial charge on any atom is -0.381 e. The number of ether oxygens (including phenoxy) is 1. The van der Waals surface area contributed by atoms with E-state index in [2.05, 4.69) is 27.6 Å². The first kappa shape index (κ1) is 20.1. The van der Waals surface area contributed by atoms with Gasteiger partial charge < -0.3 is 25.2 Å². The fourth-order valence-corrected chi connectivity index (χ4v) is 4.49. The van der Waals surface area contributed by atoms with Crippen molar-refractivity contribution < 1.29 is 14.3 Å². The van der Waals surface area contributed by atoms with Crippen LogP contribution in [-0.4, -0.2) is 74.2 Å². The van der Waals surface area contributed by atoms with Crippen LogP contribution in [0.15, 0.2) is 12.3 Å². The topological polar surface area (TPSA) is 86.8 Å². The van der Waals surface area contributed by atoms with Crippen molar-refractivity contribution in [1.82, 2.24) is 15.2 Å². The third-order valence-electron chi connectivity index (χ3n) is 6.34. The zero-order chi connectivity index (χ0) is 20.2. The molecule has 8 nitrogen and oxygen atoms in total. The standard InChI is InChI=1S/C21H31N5O3/c1-25-8-2-3-17(25)4-7-22-21(28)16-11-18-20(23-12-16)24-13-19(27)26(18)14-15-5-9-29-10-6-15/h11-12,15,17H,2-10,13-14H2,1H3,(H,22,28)(H,23,24). The molecule has 2 saturated heterocycles. The Kier molecular flexibility index (Phi) is 6.30. The summed E-state index contributed by atoms with van der Waals surface area (Å²) in [5, 5.41) is 6.08. The second-order valence-corrected chi connectivity index (χ2v) is 8.33. The maximum atomic E-state index is 12.7. The molecule has 0 radical (unpaired) electrons. The highest BCUT2D eigenvalue weighted by Crippen LogP contribution is 2.30. The monoisotopic (exact) mass is 401 g/mol. The fraction of sp³-hybridized carbons (Fsp3) is 0.667. The molecular weight excluding hydrogens is 370 g/mol. The molecule has 3 aliphatic heterocycles. The molecule has 158 valence electrons. The van der Waals surface area contributed by atoms with Crippen molar-refractivity contribution in [3.63, 3.8) is 0 Å². The molecular formula is C21H31N5O3. The molecule has 2 N–H and O–H groups in total. The highest BCUT2D eigenvalue weighted by Gasteiger charge is 2.29. The first-order valence-electron chi connectivity index (χ1n) is 10.7. The van der Waals surface area contributed by atoms with Crippen molar-refractivity contribution >= 4 is 23.3 Å². The van der Waals surface area contributed by atoms with Gasteiger partial charge in [0.15, 0.2) is 0 Å². The van der Waals surface area contributed by atoms with Crippen molar-refractivity contribution in [3.8, 4) is 0 Å². The van der Waals surface area contributed by atoms with Gasteiger partial charge in [0.1, 0.15) is 5.82 Å². The number of rotatable bonds is 6. The molecule has 1 aromatic heterocycles. The van der Waals surface area contributed by atoms with Gasteiger partial charge in [-0.3, -0.25) is 9.59 Å². The van der Waals surface area contributed by atoms with Crippen LogP contribution in [0.1, 0.15) is 42.5 Å². The Morgan fingerprint density at radius 3 is 2.93 bits per heavy atom. The van der Waals surface area contributed by atoms with Crippen molar-refractivity contribution in [1.29, 1.82) is 0 Å². The molecule has 4 rings (SSSR count). The van der Waals surface area contributed by atoms with Crippen LogP contribution in [-0.2, 0) is 9.53 Å². The number of amides is 2. The third kappa shape index (κ3) is 4.70. The summed E-state index contributed by atoms with van der Waals surface area (Å²) in [5.74, 6) is 0.970. The van der Waals surface area contributed by atoms with Gasteiger partial charge in [0.25, 0.3) is 5.91 Å². The lowest BCUT2D eigenvalue weighted by Gasteiger charge is -2.33. The molecule has 4 heterocycles. The first-order chi connectivity index (χ1) is 14.1. The van der Waals surface area contributed by atoms with Crippen LogP contribution in [0.25, 0.3) is 0 Å². The van der Waals surface area contributed by atoms with Crippen molar-refractivity contribution in [2.75, 3.05) is 56.7 Å². The predicted octanol–water partition coefficient (Wildman–Crippen LogP) is 1.48. The number of anilines is 2. The number of hydrogen-bond donors (Lipinski definition) is 2. The number of fused-ring (bicyclic) bond motifs is 1. The van der Waals surface area contributed by atoms with E-state index in [0.717, 1.165) is 39.0 Å². The zero-order valence-electron chi connectivity index (χ0n) is 17.2. The predicted molar refractivity (Wildman–Crippen MR) is 111 cm³/mol. The average Bonchev–Trinajstić information content (AvgIpc) is 3.15. The van der Waals surface area contributed by atoms with Crippen LogP contribution in [0.2, 0.25) is 0 Å². The summed E-state index contributed by atoms with van der Waals surface area (Å²) in [7, 11) is 2.14. The van der Waals surface area contributed by atoms with Crippen molar-refractivity contribution in [2.45, 2.75) is 38.1 Å². The molecule has 1 atom stereocenters. The van der Waals surface area contributed by atoms with Crippen molar-refractivity contribution in [3.05, 3.63) is 17.8 Å². The van der Waals surface area contributed by atoms with Gasteiger partial charge >= 0.3 is 0 Å². The summed E-state index contributed by atoms with van der Waals surface area (Å²) < 4.78 is 5.43. The maximum Gasteiger partial charge on any atom is 0.252 e. The summed E-state index contributed by atoms with van der Waals surface area (Å²) in [6.45, 7) is 4.16. The van der Waals surface area contributed by atoms with Gasteiger partial charge in [-0.15, -0.1) is 0 Å². The highest BCUT2D eigenvalue weighted by atomic mass is 16.5. The summed E-state index contributed by atoms with van der Waals surface area (Å²) in [5.41, 5.74) is 1.20. The Balaban J connectivity index is 1.41. The number of pyridine rings is 1. The lowest BCUT2D eigenvalue weighted by Crippen LogP contribution is -2.44. The van der Waals surface area contributed by atoms with Crippen molar-refractivity contribution in [2.24, 2.45) is 5.92 Å². The quantitative estimate of drug-likeness (QED) is 0.751. The van der Waals surface area contributed by atoms with E-state index in [4.69, 9.17) is 4.74 Å². The minimum atomic E-state index is -0.134. The number of aromatic nitrogens is 1. The fourth-order valence-electron chi connectivity index (χ4n) is 4.49. The molecule has 2 fully saturated rings. The molecule has 0 aliphatic carbocycles. The second-order valence-electron chi connectivity index (χ2n) is 8.33. The van der Waals surface area contributed by atoms with Crippen LogP contribution in [0.3, 0.4) is 0 Å². The Labute approximate surface area is 172 Å². The molecule has 0 aromatic carbocycles. The minimum absolute atomic E-state index is 0.0209. The molecule has 0 spiro atoms.